The van der Waals surface area contributed by atoms with Crippen LogP contribution in [-0.4, -0.2) is 31.6 Å². The summed E-state index contributed by atoms with van der Waals surface area (Å²) in [6.45, 7) is 6.03. The van der Waals surface area contributed by atoms with Gasteiger partial charge in [-0.3, -0.25) is 4.79 Å². The topological polar surface area (TPSA) is 44.4 Å². The molecule has 0 atom stereocenters. The molecule has 5 heteroatoms. The second-order valence-electron chi connectivity index (χ2n) is 5.28. The number of halogens is 1. The first kappa shape index (κ1) is 14.2. The molecule has 4 nitrogen and oxygen atoms in total. The van der Waals surface area contributed by atoms with Crippen LogP contribution in [0.1, 0.15) is 19.4 Å². The minimum atomic E-state index is -0.577. The Morgan fingerprint density at radius 1 is 1.47 bits per heavy atom. The zero-order chi connectivity index (χ0) is 14.0. The first-order chi connectivity index (χ1) is 8.96. The Labute approximate surface area is 119 Å². The third-order valence-corrected chi connectivity index (χ3v) is 3.84. The summed E-state index contributed by atoms with van der Waals surface area (Å²) in [7, 11) is 1.90. The van der Waals surface area contributed by atoms with E-state index in [0.29, 0.717) is 11.6 Å². The summed E-state index contributed by atoms with van der Waals surface area (Å²) in [5, 5.41) is 6.68. The van der Waals surface area contributed by atoms with E-state index in [4.69, 9.17) is 11.6 Å². The van der Waals surface area contributed by atoms with E-state index in [1.165, 1.54) is 0 Å². The predicted octanol–water partition coefficient (Wildman–Crippen LogP) is 1.77. The summed E-state index contributed by atoms with van der Waals surface area (Å²) in [5.74, 6) is 0.0362. The molecule has 1 aliphatic heterocycles. The zero-order valence-corrected chi connectivity index (χ0v) is 12.3. The van der Waals surface area contributed by atoms with Gasteiger partial charge < -0.3 is 15.5 Å². The number of nitrogens with zero attached hydrogens (tertiary/aromatic N) is 1. The fourth-order valence-corrected chi connectivity index (χ4v) is 2.71. The number of anilines is 1. The van der Waals surface area contributed by atoms with E-state index >= 15 is 0 Å². The molecule has 1 aliphatic rings. The first-order valence-corrected chi connectivity index (χ1v) is 6.83. The highest BCUT2D eigenvalue weighted by atomic mass is 35.5. The molecule has 1 saturated heterocycles. The second-order valence-corrected chi connectivity index (χ2v) is 5.69. The van der Waals surface area contributed by atoms with Crippen LogP contribution in [0.5, 0.6) is 0 Å². The molecular weight excluding hydrogens is 262 g/mol. The van der Waals surface area contributed by atoms with Crippen molar-refractivity contribution in [2.45, 2.75) is 25.9 Å². The number of amides is 1. The van der Waals surface area contributed by atoms with E-state index in [0.717, 1.165) is 24.3 Å². The zero-order valence-electron chi connectivity index (χ0n) is 11.6. The number of hydrogen-bond acceptors (Lipinski definition) is 3. The molecule has 0 aromatic heterocycles. The lowest BCUT2D eigenvalue weighted by atomic mass is 9.97. The Morgan fingerprint density at radius 2 is 2.21 bits per heavy atom. The SMILES string of the molecule is CNCc1ccc(N2CCNC(=O)C2(C)C)c(Cl)c1. The molecule has 1 heterocycles. The van der Waals surface area contributed by atoms with Crippen molar-refractivity contribution in [2.24, 2.45) is 0 Å². The molecule has 0 spiro atoms. The van der Waals surface area contributed by atoms with Gasteiger partial charge in [-0.25, -0.2) is 0 Å². The Kier molecular flexibility index (Phi) is 4.02. The minimum absolute atomic E-state index is 0.0362. The van der Waals surface area contributed by atoms with Gasteiger partial charge in [0, 0.05) is 19.6 Å². The molecule has 1 aromatic carbocycles. The average Bonchev–Trinajstić information content (AvgIpc) is 2.34. The van der Waals surface area contributed by atoms with Crippen molar-refractivity contribution in [3.8, 4) is 0 Å². The predicted molar refractivity (Wildman–Crippen MR) is 78.7 cm³/mol. The van der Waals surface area contributed by atoms with E-state index in [-0.39, 0.29) is 5.91 Å². The molecule has 0 radical (unpaired) electrons. The van der Waals surface area contributed by atoms with Gasteiger partial charge in [-0.1, -0.05) is 17.7 Å². The van der Waals surface area contributed by atoms with Crippen molar-refractivity contribution in [1.29, 1.82) is 0 Å². The number of hydrogen-bond donors (Lipinski definition) is 2. The Balaban J connectivity index is 2.33. The highest BCUT2D eigenvalue weighted by Crippen LogP contribution is 2.33. The van der Waals surface area contributed by atoms with Crippen LogP contribution in [0.4, 0.5) is 5.69 Å². The van der Waals surface area contributed by atoms with Crippen molar-refractivity contribution < 1.29 is 4.79 Å². The summed E-state index contributed by atoms with van der Waals surface area (Å²) in [5.41, 5.74) is 1.48. The number of carbonyl (C=O) groups is 1. The molecule has 1 amide bonds. The van der Waals surface area contributed by atoms with E-state index in [1.54, 1.807) is 0 Å². The highest BCUT2D eigenvalue weighted by Gasteiger charge is 2.38. The van der Waals surface area contributed by atoms with Crippen LogP contribution in [0.3, 0.4) is 0 Å². The summed E-state index contributed by atoms with van der Waals surface area (Å²) >= 11 is 6.37. The fourth-order valence-electron chi connectivity index (χ4n) is 2.40. The number of benzene rings is 1. The Morgan fingerprint density at radius 3 is 2.84 bits per heavy atom. The highest BCUT2D eigenvalue weighted by molar-refractivity contribution is 6.33. The van der Waals surface area contributed by atoms with Crippen LogP contribution in [-0.2, 0) is 11.3 Å². The van der Waals surface area contributed by atoms with Crippen molar-refractivity contribution in [2.75, 3.05) is 25.0 Å². The lowest BCUT2D eigenvalue weighted by Gasteiger charge is -2.43. The third kappa shape index (κ3) is 2.69. The van der Waals surface area contributed by atoms with Gasteiger partial charge in [0.1, 0.15) is 5.54 Å². The molecule has 2 N–H and O–H groups in total. The van der Waals surface area contributed by atoms with Gasteiger partial charge in [-0.2, -0.15) is 0 Å². The first-order valence-electron chi connectivity index (χ1n) is 6.46. The van der Waals surface area contributed by atoms with E-state index < -0.39 is 5.54 Å². The molecule has 1 aromatic rings. The van der Waals surface area contributed by atoms with Crippen LogP contribution in [0.15, 0.2) is 18.2 Å². The fraction of sp³-hybridized carbons (Fsp3) is 0.500. The van der Waals surface area contributed by atoms with E-state index in [1.807, 2.05) is 39.1 Å². The van der Waals surface area contributed by atoms with Gasteiger partial charge in [0.25, 0.3) is 0 Å². The normalized spacial score (nSPS) is 18.3. The van der Waals surface area contributed by atoms with Crippen LogP contribution in [0.2, 0.25) is 5.02 Å². The molecule has 0 unspecified atom stereocenters. The number of rotatable bonds is 3. The van der Waals surface area contributed by atoms with Crippen molar-refractivity contribution >= 4 is 23.2 Å². The van der Waals surface area contributed by atoms with Gasteiger partial charge in [-0.15, -0.1) is 0 Å². The van der Waals surface area contributed by atoms with Gasteiger partial charge in [0.2, 0.25) is 5.91 Å². The molecular formula is C14H20ClN3O. The minimum Gasteiger partial charge on any atom is -0.355 e. The summed E-state index contributed by atoms with van der Waals surface area (Å²) in [6.07, 6.45) is 0. The maximum atomic E-state index is 12.0. The van der Waals surface area contributed by atoms with Crippen molar-refractivity contribution in [3.63, 3.8) is 0 Å². The van der Waals surface area contributed by atoms with Crippen LogP contribution in [0, 0.1) is 0 Å². The summed E-state index contributed by atoms with van der Waals surface area (Å²) in [6, 6.07) is 5.99. The molecule has 0 bridgehead atoms. The lowest BCUT2D eigenvalue weighted by Crippen LogP contribution is -2.62. The maximum absolute atomic E-state index is 12.0. The van der Waals surface area contributed by atoms with Crippen LogP contribution in [0.25, 0.3) is 0 Å². The van der Waals surface area contributed by atoms with Gasteiger partial charge in [0.05, 0.1) is 10.7 Å². The molecule has 1 fully saturated rings. The van der Waals surface area contributed by atoms with E-state index in [9.17, 15) is 4.79 Å². The smallest absolute Gasteiger partial charge is 0.245 e. The molecule has 0 aliphatic carbocycles. The quantitative estimate of drug-likeness (QED) is 0.888. The number of nitrogens with one attached hydrogen (secondary N) is 2. The summed E-state index contributed by atoms with van der Waals surface area (Å²) in [4.78, 5) is 14.0. The van der Waals surface area contributed by atoms with Crippen molar-refractivity contribution in [3.05, 3.63) is 28.8 Å². The van der Waals surface area contributed by atoms with Gasteiger partial charge >= 0.3 is 0 Å². The second kappa shape index (κ2) is 5.39. The average molecular weight is 282 g/mol. The Bertz CT molecular complexity index is 488. The largest absolute Gasteiger partial charge is 0.355 e. The lowest BCUT2D eigenvalue weighted by molar-refractivity contribution is -0.126. The van der Waals surface area contributed by atoms with Gasteiger partial charge in [0.15, 0.2) is 0 Å². The molecule has 0 saturated carbocycles. The third-order valence-electron chi connectivity index (χ3n) is 3.54. The van der Waals surface area contributed by atoms with Crippen molar-refractivity contribution in [1.82, 2.24) is 10.6 Å². The van der Waals surface area contributed by atoms with Gasteiger partial charge in [-0.05, 0) is 38.6 Å². The standard InChI is InChI=1S/C14H20ClN3O/c1-14(2)13(19)17-6-7-18(14)12-5-4-10(9-16-3)8-11(12)15/h4-5,8,16H,6-7,9H2,1-3H3,(H,17,19). The van der Waals surface area contributed by atoms with E-state index in [2.05, 4.69) is 15.5 Å². The monoisotopic (exact) mass is 281 g/mol. The molecule has 19 heavy (non-hydrogen) atoms. The maximum Gasteiger partial charge on any atom is 0.245 e. The Hall–Kier alpha value is -1.26. The molecule has 104 valence electrons. The van der Waals surface area contributed by atoms with Crippen LogP contribution >= 0.6 is 11.6 Å². The molecule has 2 rings (SSSR count). The number of carbonyl (C=O) groups excluding carboxylic acids is 1. The number of piperazine rings is 1. The van der Waals surface area contributed by atoms with Crippen LogP contribution < -0.4 is 15.5 Å². The summed E-state index contributed by atoms with van der Waals surface area (Å²) < 4.78 is 0.